The van der Waals surface area contributed by atoms with Crippen LogP contribution in [0.25, 0.3) is 11.1 Å². The SMILES string of the molecule is CC1(C(=O)O)CCCN1C(=O)CC1CCCC1NC(=O)OCC1c2ccccc2-c2ccccc21. The van der Waals surface area contributed by atoms with Crippen LogP contribution in [-0.4, -0.2) is 52.7 Å². The first kappa shape index (κ1) is 23.4. The molecule has 1 saturated carbocycles. The predicted molar refractivity (Wildman–Crippen MR) is 131 cm³/mol. The average molecular weight is 477 g/mol. The number of carboxylic acid groups (broad SMARTS) is 1. The zero-order valence-electron chi connectivity index (χ0n) is 20.0. The van der Waals surface area contributed by atoms with Gasteiger partial charge in [-0.05, 0) is 60.8 Å². The predicted octanol–water partition coefficient (Wildman–Crippen LogP) is 4.55. The van der Waals surface area contributed by atoms with Gasteiger partial charge in [0.25, 0.3) is 0 Å². The summed E-state index contributed by atoms with van der Waals surface area (Å²) in [6.45, 7) is 2.35. The number of carbonyl (C=O) groups excluding carboxylic acids is 2. The first-order chi connectivity index (χ1) is 16.9. The summed E-state index contributed by atoms with van der Waals surface area (Å²) in [5, 5.41) is 12.6. The lowest BCUT2D eigenvalue weighted by Crippen LogP contribution is -2.51. The lowest BCUT2D eigenvalue weighted by atomic mass is 9.95. The Kier molecular flexibility index (Phi) is 6.26. The number of nitrogens with zero attached hydrogens (tertiary/aromatic N) is 1. The maximum absolute atomic E-state index is 13.0. The molecule has 184 valence electrons. The minimum absolute atomic E-state index is 0.00188. The Labute approximate surface area is 205 Å². The maximum atomic E-state index is 13.0. The molecule has 5 rings (SSSR count). The standard InChI is InChI=1S/C28H32N2O5/c1-28(26(32)33)14-7-15-30(28)25(31)16-18-8-6-13-24(18)29-27(34)35-17-23-21-11-4-2-9-19(21)20-10-3-5-12-22(20)23/h2-5,9-12,18,23-24H,6-8,13-17H2,1H3,(H,29,34)(H,32,33). The molecule has 1 saturated heterocycles. The van der Waals surface area contributed by atoms with E-state index in [1.165, 1.54) is 16.0 Å². The lowest BCUT2D eigenvalue weighted by molar-refractivity contribution is -0.155. The van der Waals surface area contributed by atoms with E-state index in [4.69, 9.17) is 4.74 Å². The first-order valence-electron chi connectivity index (χ1n) is 12.5. The van der Waals surface area contributed by atoms with E-state index in [1.807, 2.05) is 24.3 Å². The van der Waals surface area contributed by atoms with E-state index in [0.29, 0.717) is 19.4 Å². The molecule has 2 aromatic carbocycles. The van der Waals surface area contributed by atoms with Gasteiger partial charge in [-0.2, -0.15) is 0 Å². The van der Waals surface area contributed by atoms with Crippen LogP contribution in [-0.2, 0) is 14.3 Å². The molecule has 3 atom stereocenters. The van der Waals surface area contributed by atoms with Crippen molar-refractivity contribution in [1.82, 2.24) is 10.2 Å². The zero-order chi connectivity index (χ0) is 24.6. The maximum Gasteiger partial charge on any atom is 0.407 e. The van der Waals surface area contributed by atoms with Crippen LogP contribution in [0.1, 0.15) is 62.5 Å². The van der Waals surface area contributed by atoms with Crippen LogP contribution in [0, 0.1) is 5.92 Å². The van der Waals surface area contributed by atoms with Crippen molar-refractivity contribution in [2.45, 2.75) is 62.9 Å². The van der Waals surface area contributed by atoms with E-state index >= 15 is 0 Å². The molecular weight excluding hydrogens is 444 g/mol. The van der Waals surface area contributed by atoms with Crippen LogP contribution in [0.3, 0.4) is 0 Å². The van der Waals surface area contributed by atoms with Crippen LogP contribution in [0.4, 0.5) is 4.79 Å². The molecule has 1 aliphatic heterocycles. The average Bonchev–Trinajstić information content (AvgIpc) is 3.54. The summed E-state index contributed by atoms with van der Waals surface area (Å²) in [4.78, 5) is 39.0. The topological polar surface area (TPSA) is 95.9 Å². The molecule has 3 aliphatic rings. The Balaban J connectivity index is 1.19. The van der Waals surface area contributed by atoms with Gasteiger partial charge in [-0.1, -0.05) is 55.0 Å². The molecule has 7 heteroatoms. The van der Waals surface area contributed by atoms with E-state index in [-0.39, 0.29) is 36.8 Å². The van der Waals surface area contributed by atoms with E-state index in [9.17, 15) is 19.5 Å². The Morgan fingerprint density at radius 1 is 1.03 bits per heavy atom. The van der Waals surface area contributed by atoms with Gasteiger partial charge in [-0.25, -0.2) is 9.59 Å². The van der Waals surface area contributed by atoms with Crippen LogP contribution in [0.15, 0.2) is 48.5 Å². The van der Waals surface area contributed by atoms with Crippen molar-refractivity contribution >= 4 is 18.0 Å². The summed E-state index contributed by atoms with van der Waals surface area (Å²) in [7, 11) is 0. The number of likely N-dealkylation sites (tertiary alicyclic amines) is 1. The van der Waals surface area contributed by atoms with Gasteiger partial charge in [-0.15, -0.1) is 0 Å². The van der Waals surface area contributed by atoms with E-state index in [2.05, 4.69) is 29.6 Å². The van der Waals surface area contributed by atoms with E-state index in [0.717, 1.165) is 30.4 Å². The number of nitrogens with one attached hydrogen (secondary N) is 1. The molecule has 2 amide bonds. The number of fused-ring (bicyclic) bond motifs is 3. The number of aliphatic carboxylic acids is 1. The second kappa shape index (κ2) is 9.36. The Bertz CT molecular complexity index is 1100. The highest BCUT2D eigenvalue weighted by Crippen LogP contribution is 2.44. The Morgan fingerprint density at radius 2 is 1.69 bits per heavy atom. The smallest absolute Gasteiger partial charge is 0.407 e. The Hall–Kier alpha value is -3.35. The molecule has 3 unspecified atom stereocenters. The number of hydrogen-bond acceptors (Lipinski definition) is 4. The van der Waals surface area contributed by atoms with Gasteiger partial charge in [0.2, 0.25) is 5.91 Å². The summed E-state index contributed by atoms with van der Waals surface area (Å²) in [5.41, 5.74) is 3.56. The van der Waals surface area contributed by atoms with Crippen molar-refractivity contribution in [2.24, 2.45) is 5.92 Å². The molecule has 0 bridgehead atoms. The molecule has 2 aromatic rings. The van der Waals surface area contributed by atoms with Gasteiger partial charge in [-0.3, -0.25) is 4.79 Å². The van der Waals surface area contributed by atoms with E-state index in [1.54, 1.807) is 6.92 Å². The molecule has 2 N–H and O–H groups in total. The van der Waals surface area contributed by atoms with Gasteiger partial charge >= 0.3 is 12.1 Å². The number of alkyl carbamates (subject to hydrolysis) is 1. The third kappa shape index (κ3) is 4.28. The quantitative estimate of drug-likeness (QED) is 0.638. The number of hydrogen-bond donors (Lipinski definition) is 2. The summed E-state index contributed by atoms with van der Waals surface area (Å²) < 4.78 is 5.70. The minimum atomic E-state index is -1.13. The summed E-state index contributed by atoms with van der Waals surface area (Å²) >= 11 is 0. The number of rotatable bonds is 6. The zero-order valence-corrected chi connectivity index (χ0v) is 20.0. The van der Waals surface area contributed by atoms with Crippen LogP contribution >= 0.6 is 0 Å². The fraction of sp³-hybridized carbons (Fsp3) is 0.464. The molecule has 0 radical (unpaired) electrons. The van der Waals surface area contributed by atoms with Gasteiger partial charge in [0, 0.05) is 24.9 Å². The van der Waals surface area contributed by atoms with E-state index < -0.39 is 17.6 Å². The molecule has 2 fully saturated rings. The normalized spacial score (nSPS) is 25.2. The Morgan fingerprint density at radius 3 is 2.34 bits per heavy atom. The molecule has 2 aliphatic carbocycles. The third-order valence-corrected chi connectivity index (χ3v) is 8.15. The van der Waals surface area contributed by atoms with Crippen LogP contribution in [0.5, 0.6) is 0 Å². The fourth-order valence-electron chi connectivity index (χ4n) is 6.18. The van der Waals surface area contributed by atoms with Gasteiger partial charge in [0.1, 0.15) is 12.1 Å². The molecular formula is C28H32N2O5. The molecule has 1 heterocycles. The summed E-state index contributed by atoms with van der Waals surface area (Å²) in [6, 6.07) is 16.3. The third-order valence-electron chi connectivity index (χ3n) is 8.15. The van der Waals surface area contributed by atoms with Crippen molar-refractivity contribution in [2.75, 3.05) is 13.2 Å². The van der Waals surface area contributed by atoms with Crippen molar-refractivity contribution < 1.29 is 24.2 Å². The largest absolute Gasteiger partial charge is 0.480 e. The molecule has 7 nitrogen and oxygen atoms in total. The highest BCUT2D eigenvalue weighted by atomic mass is 16.5. The lowest BCUT2D eigenvalue weighted by Gasteiger charge is -2.32. The van der Waals surface area contributed by atoms with Gasteiger partial charge in [0.05, 0.1) is 0 Å². The number of ether oxygens (including phenoxy) is 1. The van der Waals surface area contributed by atoms with Gasteiger partial charge in [0.15, 0.2) is 0 Å². The molecule has 0 spiro atoms. The van der Waals surface area contributed by atoms with Gasteiger partial charge < -0.3 is 20.1 Å². The first-order valence-corrected chi connectivity index (χ1v) is 12.5. The van der Waals surface area contributed by atoms with Crippen molar-refractivity contribution in [3.63, 3.8) is 0 Å². The minimum Gasteiger partial charge on any atom is -0.480 e. The highest BCUT2D eigenvalue weighted by Gasteiger charge is 2.46. The summed E-state index contributed by atoms with van der Waals surface area (Å²) in [5.74, 6) is -1.11. The molecule has 0 aromatic heterocycles. The van der Waals surface area contributed by atoms with Crippen molar-refractivity contribution in [3.05, 3.63) is 59.7 Å². The van der Waals surface area contributed by atoms with Crippen LogP contribution in [0.2, 0.25) is 0 Å². The highest BCUT2D eigenvalue weighted by molar-refractivity contribution is 5.87. The number of amides is 2. The summed E-state index contributed by atoms with van der Waals surface area (Å²) in [6.07, 6.45) is 3.49. The molecule has 35 heavy (non-hydrogen) atoms. The second-order valence-electron chi connectivity index (χ2n) is 10.2. The van der Waals surface area contributed by atoms with Crippen molar-refractivity contribution in [1.29, 1.82) is 0 Å². The monoisotopic (exact) mass is 476 g/mol. The number of carbonyl (C=O) groups is 3. The second-order valence-corrected chi connectivity index (χ2v) is 10.2. The number of carboxylic acids is 1. The fourth-order valence-corrected chi connectivity index (χ4v) is 6.18. The number of benzene rings is 2. The van der Waals surface area contributed by atoms with Crippen molar-refractivity contribution in [3.8, 4) is 11.1 Å². The van der Waals surface area contributed by atoms with Crippen LogP contribution < -0.4 is 5.32 Å².